The van der Waals surface area contributed by atoms with E-state index in [4.69, 9.17) is 4.74 Å². The van der Waals surface area contributed by atoms with E-state index in [0.29, 0.717) is 6.04 Å². The molecule has 3 heteroatoms. The smallest absolute Gasteiger partial charge is 0.119 e. The van der Waals surface area contributed by atoms with Gasteiger partial charge in [0.2, 0.25) is 0 Å². The first-order valence-corrected chi connectivity index (χ1v) is 10.1. The Kier molecular flexibility index (Phi) is 7.38. The number of allylic oxidation sites excluding steroid dienone is 5. The summed E-state index contributed by atoms with van der Waals surface area (Å²) in [6, 6.07) is 9.46. The van der Waals surface area contributed by atoms with Crippen molar-refractivity contribution >= 4 is 5.69 Å². The summed E-state index contributed by atoms with van der Waals surface area (Å²) in [5.74, 6) is 0.949. The SMILES string of the molecule is CC\C=C/C(=C\C=C\Cc1ccc(N2CCC2)cc1)OCC1CCCN1. The third-order valence-corrected chi connectivity index (χ3v) is 5.04. The van der Waals surface area contributed by atoms with Crippen LogP contribution in [0.2, 0.25) is 0 Å². The maximum atomic E-state index is 6.00. The molecule has 1 aromatic rings. The van der Waals surface area contributed by atoms with Gasteiger partial charge in [0.25, 0.3) is 0 Å². The Balaban J connectivity index is 1.49. The highest BCUT2D eigenvalue weighted by Gasteiger charge is 2.14. The summed E-state index contributed by atoms with van der Waals surface area (Å²) in [4.78, 5) is 2.42. The molecule has 0 amide bonds. The second kappa shape index (κ2) is 10.2. The minimum atomic E-state index is 0.502. The lowest BCUT2D eigenvalue weighted by Gasteiger charge is -2.33. The van der Waals surface area contributed by atoms with Crippen molar-refractivity contribution in [2.24, 2.45) is 0 Å². The van der Waals surface area contributed by atoms with E-state index in [1.165, 1.54) is 43.6 Å². The second-order valence-corrected chi connectivity index (χ2v) is 7.12. The van der Waals surface area contributed by atoms with Gasteiger partial charge in [-0.2, -0.15) is 0 Å². The maximum absolute atomic E-state index is 6.00. The molecule has 0 bridgehead atoms. The van der Waals surface area contributed by atoms with Crippen LogP contribution in [0.5, 0.6) is 0 Å². The second-order valence-electron chi connectivity index (χ2n) is 7.12. The van der Waals surface area contributed by atoms with Crippen molar-refractivity contribution in [3.05, 3.63) is 66.0 Å². The molecular formula is C23H32N2O. The normalized spacial score (nSPS) is 20.9. The molecule has 3 nitrogen and oxygen atoms in total. The van der Waals surface area contributed by atoms with Gasteiger partial charge in [0.05, 0.1) is 0 Å². The lowest BCUT2D eigenvalue weighted by molar-refractivity contribution is 0.197. The molecule has 1 N–H and O–H groups in total. The van der Waals surface area contributed by atoms with Gasteiger partial charge in [0.15, 0.2) is 0 Å². The van der Waals surface area contributed by atoms with Crippen LogP contribution in [0, 0.1) is 0 Å². The van der Waals surface area contributed by atoms with Crippen LogP contribution in [0.3, 0.4) is 0 Å². The van der Waals surface area contributed by atoms with Gasteiger partial charge in [-0.1, -0.05) is 37.3 Å². The molecule has 0 aromatic heterocycles. The van der Waals surface area contributed by atoms with Crippen LogP contribution < -0.4 is 10.2 Å². The van der Waals surface area contributed by atoms with E-state index in [2.05, 4.69) is 71.8 Å². The summed E-state index contributed by atoms with van der Waals surface area (Å²) >= 11 is 0. The van der Waals surface area contributed by atoms with Crippen molar-refractivity contribution < 1.29 is 4.74 Å². The summed E-state index contributed by atoms with van der Waals surface area (Å²) in [6.45, 7) is 6.43. The molecule has 140 valence electrons. The maximum Gasteiger partial charge on any atom is 0.119 e. The van der Waals surface area contributed by atoms with E-state index >= 15 is 0 Å². The Morgan fingerprint density at radius 3 is 2.69 bits per heavy atom. The summed E-state index contributed by atoms with van der Waals surface area (Å²) in [5, 5.41) is 3.48. The Morgan fingerprint density at radius 1 is 1.19 bits per heavy atom. The first-order valence-electron chi connectivity index (χ1n) is 10.1. The molecule has 26 heavy (non-hydrogen) atoms. The van der Waals surface area contributed by atoms with Gasteiger partial charge in [0, 0.05) is 24.8 Å². The number of hydrogen-bond acceptors (Lipinski definition) is 3. The van der Waals surface area contributed by atoms with Gasteiger partial charge in [-0.3, -0.25) is 0 Å². The zero-order chi connectivity index (χ0) is 18.0. The van der Waals surface area contributed by atoms with Crippen LogP contribution in [0.15, 0.2) is 60.4 Å². The van der Waals surface area contributed by atoms with Crippen LogP contribution in [0.4, 0.5) is 5.69 Å². The fourth-order valence-electron chi connectivity index (χ4n) is 3.27. The predicted octanol–water partition coefficient (Wildman–Crippen LogP) is 4.61. The van der Waals surface area contributed by atoms with Gasteiger partial charge in [-0.15, -0.1) is 0 Å². The third-order valence-electron chi connectivity index (χ3n) is 5.04. The zero-order valence-electron chi connectivity index (χ0n) is 16.0. The summed E-state index contributed by atoms with van der Waals surface area (Å²) < 4.78 is 6.00. The Bertz CT molecular complexity index is 620. The van der Waals surface area contributed by atoms with Crippen molar-refractivity contribution in [1.82, 2.24) is 5.32 Å². The first-order chi connectivity index (χ1) is 12.8. The molecule has 0 radical (unpaired) electrons. The lowest BCUT2D eigenvalue weighted by Crippen LogP contribution is -2.36. The molecule has 1 aromatic carbocycles. The van der Waals surface area contributed by atoms with Crippen molar-refractivity contribution in [3.63, 3.8) is 0 Å². The van der Waals surface area contributed by atoms with E-state index in [0.717, 1.165) is 31.8 Å². The van der Waals surface area contributed by atoms with Gasteiger partial charge in [-0.25, -0.2) is 0 Å². The minimum Gasteiger partial charge on any atom is -0.492 e. The Hall–Kier alpha value is -2.00. The van der Waals surface area contributed by atoms with Crippen molar-refractivity contribution in [2.45, 2.75) is 45.1 Å². The number of hydrogen-bond donors (Lipinski definition) is 1. The molecule has 2 saturated heterocycles. The van der Waals surface area contributed by atoms with Crippen LogP contribution in [0.1, 0.15) is 38.2 Å². The van der Waals surface area contributed by atoms with Crippen molar-refractivity contribution in [1.29, 1.82) is 0 Å². The van der Waals surface area contributed by atoms with Gasteiger partial charge in [0.1, 0.15) is 12.4 Å². The highest BCUT2D eigenvalue weighted by Crippen LogP contribution is 2.20. The average molecular weight is 353 g/mol. The topological polar surface area (TPSA) is 24.5 Å². The molecular weight excluding hydrogens is 320 g/mol. The van der Waals surface area contributed by atoms with Crippen LogP contribution in [0.25, 0.3) is 0 Å². The lowest BCUT2D eigenvalue weighted by atomic mass is 10.1. The minimum absolute atomic E-state index is 0.502. The Morgan fingerprint density at radius 2 is 2.04 bits per heavy atom. The zero-order valence-corrected chi connectivity index (χ0v) is 16.0. The van der Waals surface area contributed by atoms with Gasteiger partial charge >= 0.3 is 0 Å². The summed E-state index contributed by atoms with van der Waals surface area (Å²) in [6.07, 6.45) is 16.4. The molecule has 0 spiro atoms. The van der Waals surface area contributed by atoms with E-state index < -0.39 is 0 Å². The van der Waals surface area contributed by atoms with E-state index in [1.54, 1.807) is 0 Å². The van der Waals surface area contributed by atoms with Gasteiger partial charge < -0.3 is 15.0 Å². The highest BCUT2D eigenvalue weighted by atomic mass is 16.5. The fraction of sp³-hybridized carbons (Fsp3) is 0.478. The quantitative estimate of drug-likeness (QED) is 0.519. The van der Waals surface area contributed by atoms with Crippen LogP contribution in [-0.2, 0) is 11.2 Å². The molecule has 1 atom stereocenters. The fourth-order valence-corrected chi connectivity index (χ4v) is 3.27. The number of rotatable bonds is 9. The molecule has 2 fully saturated rings. The van der Waals surface area contributed by atoms with Crippen LogP contribution >= 0.6 is 0 Å². The van der Waals surface area contributed by atoms with Crippen molar-refractivity contribution in [3.8, 4) is 0 Å². The molecule has 2 aliphatic heterocycles. The summed E-state index contributed by atoms with van der Waals surface area (Å²) in [7, 11) is 0. The molecule has 1 unspecified atom stereocenters. The summed E-state index contributed by atoms with van der Waals surface area (Å²) in [5.41, 5.74) is 2.70. The highest BCUT2D eigenvalue weighted by molar-refractivity contribution is 5.49. The average Bonchev–Trinajstić information content (AvgIpc) is 3.13. The molecule has 2 aliphatic rings. The van der Waals surface area contributed by atoms with E-state index in [9.17, 15) is 0 Å². The largest absolute Gasteiger partial charge is 0.492 e. The van der Waals surface area contributed by atoms with E-state index in [1.807, 2.05) is 0 Å². The number of ether oxygens (including phenoxy) is 1. The Labute approximate surface area is 158 Å². The number of anilines is 1. The van der Waals surface area contributed by atoms with Gasteiger partial charge in [-0.05, 0) is 68.5 Å². The van der Waals surface area contributed by atoms with Crippen molar-refractivity contribution in [2.75, 3.05) is 31.1 Å². The van der Waals surface area contributed by atoms with E-state index in [-0.39, 0.29) is 0 Å². The number of benzene rings is 1. The molecule has 0 saturated carbocycles. The number of nitrogens with zero attached hydrogens (tertiary/aromatic N) is 1. The first kappa shape index (κ1) is 18.8. The molecule has 3 rings (SSSR count). The predicted molar refractivity (Wildman–Crippen MR) is 111 cm³/mol. The standard InChI is InChI=1S/C23H32N2O/c1-2-3-10-23(26-19-21-9-6-16-24-21)11-5-4-8-20-12-14-22(15-13-20)25-17-7-18-25/h3-5,10-15,21,24H,2,6-9,16-19H2,1H3/b5-4+,10-3-,23-11+. The number of nitrogens with one attached hydrogen (secondary N) is 1. The monoisotopic (exact) mass is 352 g/mol. The third kappa shape index (κ3) is 5.77. The van der Waals surface area contributed by atoms with Crippen LogP contribution in [-0.4, -0.2) is 32.3 Å². The molecule has 2 heterocycles. The molecule has 0 aliphatic carbocycles.